The molecule has 1 aliphatic rings. The van der Waals surface area contributed by atoms with Crippen molar-refractivity contribution in [3.63, 3.8) is 0 Å². The van der Waals surface area contributed by atoms with E-state index < -0.39 is 0 Å². The highest BCUT2D eigenvalue weighted by atomic mass is 127. The van der Waals surface area contributed by atoms with Gasteiger partial charge in [0.2, 0.25) is 0 Å². The van der Waals surface area contributed by atoms with Crippen LogP contribution in [0.1, 0.15) is 31.7 Å². The maximum Gasteiger partial charge on any atom is 0.0130 e. The van der Waals surface area contributed by atoms with E-state index in [0.717, 1.165) is 12.3 Å². The van der Waals surface area contributed by atoms with E-state index in [9.17, 15) is 0 Å². The van der Waals surface area contributed by atoms with Gasteiger partial charge in [-0.3, -0.25) is 0 Å². The van der Waals surface area contributed by atoms with Crippen molar-refractivity contribution in [1.29, 1.82) is 0 Å². The predicted octanol–water partition coefficient (Wildman–Crippen LogP) is 3.60. The van der Waals surface area contributed by atoms with Crippen molar-refractivity contribution in [3.8, 4) is 0 Å². The Morgan fingerprint density at radius 2 is 1.94 bits per heavy atom. The molecule has 3 unspecified atom stereocenters. The highest BCUT2D eigenvalue weighted by Crippen LogP contribution is 2.30. The molecule has 0 aromatic heterocycles. The molecule has 1 nitrogen and oxygen atoms in total. The third kappa shape index (κ3) is 3.20. The van der Waals surface area contributed by atoms with Gasteiger partial charge in [0, 0.05) is 9.61 Å². The van der Waals surface area contributed by atoms with Crippen LogP contribution in [-0.4, -0.2) is 6.04 Å². The van der Waals surface area contributed by atoms with Crippen LogP contribution in [0.15, 0.2) is 24.3 Å². The molecular formula is C14H20IN. The summed E-state index contributed by atoms with van der Waals surface area (Å²) in [5, 5.41) is 0. The quantitative estimate of drug-likeness (QED) is 0.825. The Morgan fingerprint density at radius 3 is 2.62 bits per heavy atom. The van der Waals surface area contributed by atoms with E-state index in [1.54, 1.807) is 0 Å². The van der Waals surface area contributed by atoms with Crippen molar-refractivity contribution in [1.82, 2.24) is 0 Å². The molecule has 0 aliphatic heterocycles. The fourth-order valence-electron chi connectivity index (χ4n) is 2.68. The molecular weight excluding hydrogens is 309 g/mol. The van der Waals surface area contributed by atoms with E-state index in [1.165, 1.54) is 28.4 Å². The van der Waals surface area contributed by atoms with Crippen LogP contribution in [0.4, 0.5) is 0 Å². The Bertz CT molecular complexity index is 333. The van der Waals surface area contributed by atoms with Gasteiger partial charge < -0.3 is 5.73 Å². The summed E-state index contributed by atoms with van der Waals surface area (Å²) in [5.41, 5.74) is 7.66. The van der Waals surface area contributed by atoms with Crippen LogP contribution in [-0.2, 0) is 6.42 Å². The molecule has 2 heteroatoms. The molecule has 0 amide bonds. The molecule has 0 radical (unpaired) electrons. The zero-order valence-corrected chi connectivity index (χ0v) is 12.0. The van der Waals surface area contributed by atoms with Gasteiger partial charge in [0.15, 0.2) is 0 Å². The van der Waals surface area contributed by atoms with Gasteiger partial charge in [0.1, 0.15) is 0 Å². The van der Waals surface area contributed by atoms with Crippen LogP contribution in [0.5, 0.6) is 0 Å². The zero-order valence-electron chi connectivity index (χ0n) is 9.83. The Balaban J connectivity index is 2.00. The van der Waals surface area contributed by atoms with E-state index >= 15 is 0 Å². The fourth-order valence-corrected chi connectivity index (χ4v) is 3.04. The van der Waals surface area contributed by atoms with Crippen LogP contribution in [0.3, 0.4) is 0 Å². The summed E-state index contributed by atoms with van der Waals surface area (Å²) >= 11 is 2.35. The van der Waals surface area contributed by atoms with Gasteiger partial charge >= 0.3 is 0 Å². The summed E-state index contributed by atoms with van der Waals surface area (Å²) < 4.78 is 1.31. The monoisotopic (exact) mass is 329 g/mol. The summed E-state index contributed by atoms with van der Waals surface area (Å²) in [5.74, 6) is 1.54. The molecule has 2 N–H and O–H groups in total. The SMILES string of the molecule is CC1CCC(N)C(Cc2ccc(I)cc2)C1. The summed E-state index contributed by atoms with van der Waals surface area (Å²) in [7, 11) is 0. The van der Waals surface area contributed by atoms with Crippen LogP contribution < -0.4 is 5.73 Å². The maximum atomic E-state index is 6.22. The molecule has 1 aromatic carbocycles. The average molecular weight is 329 g/mol. The smallest absolute Gasteiger partial charge is 0.0130 e. The summed E-state index contributed by atoms with van der Waals surface area (Å²) in [4.78, 5) is 0. The van der Waals surface area contributed by atoms with Crippen molar-refractivity contribution >= 4 is 22.6 Å². The van der Waals surface area contributed by atoms with Gasteiger partial charge in [-0.25, -0.2) is 0 Å². The lowest BCUT2D eigenvalue weighted by Gasteiger charge is -2.32. The molecule has 2 rings (SSSR count). The van der Waals surface area contributed by atoms with Crippen molar-refractivity contribution in [2.24, 2.45) is 17.6 Å². The fraction of sp³-hybridized carbons (Fsp3) is 0.571. The highest BCUT2D eigenvalue weighted by molar-refractivity contribution is 14.1. The lowest BCUT2D eigenvalue weighted by atomic mass is 9.76. The summed E-state index contributed by atoms with van der Waals surface area (Å²) in [6, 6.07) is 9.28. The number of hydrogen-bond acceptors (Lipinski definition) is 1. The van der Waals surface area contributed by atoms with E-state index in [4.69, 9.17) is 5.73 Å². The maximum absolute atomic E-state index is 6.22. The number of rotatable bonds is 2. The first-order valence-electron chi connectivity index (χ1n) is 6.15. The van der Waals surface area contributed by atoms with Crippen molar-refractivity contribution in [2.75, 3.05) is 0 Å². The largest absolute Gasteiger partial charge is 0.327 e. The number of hydrogen-bond donors (Lipinski definition) is 1. The second-order valence-electron chi connectivity index (χ2n) is 5.17. The highest BCUT2D eigenvalue weighted by Gasteiger charge is 2.25. The van der Waals surface area contributed by atoms with Gasteiger partial charge in [0.25, 0.3) is 0 Å². The van der Waals surface area contributed by atoms with Gasteiger partial charge in [-0.05, 0) is 77.8 Å². The van der Waals surface area contributed by atoms with Crippen LogP contribution in [0, 0.1) is 15.4 Å². The molecule has 0 heterocycles. The van der Waals surface area contributed by atoms with Crippen LogP contribution in [0.2, 0.25) is 0 Å². The minimum Gasteiger partial charge on any atom is -0.327 e. The third-order valence-electron chi connectivity index (χ3n) is 3.71. The van der Waals surface area contributed by atoms with E-state index in [0.29, 0.717) is 12.0 Å². The first kappa shape index (κ1) is 12.4. The summed E-state index contributed by atoms with van der Waals surface area (Å²) in [6.45, 7) is 2.35. The molecule has 1 fully saturated rings. The Morgan fingerprint density at radius 1 is 1.25 bits per heavy atom. The molecule has 16 heavy (non-hydrogen) atoms. The normalized spacial score (nSPS) is 30.3. The third-order valence-corrected chi connectivity index (χ3v) is 4.43. The first-order chi connectivity index (χ1) is 7.65. The van der Waals surface area contributed by atoms with E-state index in [1.807, 2.05) is 0 Å². The molecule has 0 saturated heterocycles. The van der Waals surface area contributed by atoms with Crippen LogP contribution >= 0.6 is 22.6 Å². The Hall–Kier alpha value is -0.0900. The van der Waals surface area contributed by atoms with Crippen molar-refractivity contribution in [3.05, 3.63) is 33.4 Å². The second-order valence-corrected chi connectivity index (χ2v) is 6.42. The minimum absolute atomic E-state index is 0.412. The first-order valence-corrected chi connectivity index (χ1v) is 7.23. The molecule has 0 spiro atoms. The van der Waals surface area contributed by atoms with Gasteiger partial charge in [-0.2, -0.15) is 0 Å². The zero-order chi connectivity index (χ0) is 11.5. The molecule has 3 atom stereocenters. The molecule has 88 valence electrons. The van der Waals surface area contributed by atoms with Gasteiger partial charge in [-0.15, -0.1) is 0 Å². The molecule has 1 saturated carbocycles. The topological polar surface area (TPSA) is 26.0 Å². The Kier molecular flexibility index (Phi) is 4.25. The number of halogens is 1. The second kappa shape index (κ2) is 5.50. The average Bonchev–Trinajstić information content (AvgIpc) is 2.27. The predicted molar refractivity (Wildman–Crippen MR) is 77.3 cm³/mol. The summed E-state index contributed by atoms with van der Waals surface area (Å²) in [6.07, 6.45) is 4.97. The number of nitrogens with two attached hydrogens (primary N) is 1. The van der Waals surface area contributed by atoms with Crippen molar-refractivity contribution in [2.45, 2.75) is 38.6 Å². The Labute approximate surface area is 112 Å². The number of benzene rings is 1. The minimum atomic E-state index is 0.412. The standard InChI is InChI=1S/C14H20IN/c1-10-2-7-14(16)12(8-10)9-11-3-5-13(15)6-4-11/h3-6,10,12,14H,2,7-9,16H2,1H3. The molecule has 0 bridgehead atoms. The van der Waals surface area contributed by atoms with Gasteiger partial charge in [0.05, 0.1) is 0 Å². The van der Waals surface area contributed by atoms with E-state index in [2.05, 4.69) is 53.8 Å². The van der Waals surface area contributed by atoms with Gasteiger partial charge in [-0.1, -0.05) is 19.1 Å². The lowest BCUT2D eigenvalue weighted by molar-refractivity contribution is 0.245. The van der Waals surface area contributed by atoms with Crippen molar-refractivity contribution < 1.29 is 0 Å². The molecule has 1 aromatic rings. The lowest BCUT2D eigenvalue weighted by Crippen LogP contribution is -2.36. The van der Waals surface area contributed by atoms with Crippen LogP contribution in [0.25, 0.3) is 0 Å². The molecule has 1 aliphatic carbocycles. The van der Waals surface area contributed by atoms with E-state index in [-0.39, 0.29) is 0 Å².